The Hall–Kier alpha value is -2.73. The van der Waals surface area contributed by atoms with Crippen LogP contribution in [-0.2, 0) is 0 Å². The molecule has 5 nitrogen and oxygen atoms in total. The van der Waals surface area contributed by atoms with E-state index >= 15 is 0 Å². The van der Waals surface area contributed by atoms with E-state index in [9.17, 15) is 4.79 Å². The Labute approximate surface area is 149 Å². The van der Waals surface area contributed by atoms with Crippen LogP contribution >= 0.6 is 11.8 Å². The zero-order chi connectivity index (χ0) is 17.4. The lowest BCUT2D eigenvalue weighted by Crippen LogP contribution is -2.05. The quantitative estimate of drug-likeness (QED) is 0.318. The molecule has 0 aliphatic heterocycles. The zero-order valence-electron chi connectivity index (χ0n) is 13.9. The molecule has 2 aromatic heterocycles. The molecule has 0 saturated carbocycles. The van der Waals surface area contributed by atoms with E-state index in [0.717, 1.165) is 22.1 Å². The maximum absolute atomic E-state index is 12.4. The van der Waals surface area contributed by atoms with E-state index < -0.39 is 0 Å². The number of thioether (sulfide) groups is 1. The summed E-state index contributed by atoms with van der Waals surface area (Å²) in [5.74, 6) is 1.07. The van der Waals surface area contributed by atoms with Crippen LogP contribution in [0.2, 0.25) is 0 Å². The van der Waals surface area contributed by atoms with Crippen molar-refractivity contribution < 1.29 is 4.79 Å². The number of rotatable bonds is 4. The number of aromatic nitrogens is 4. The van der Waals surface area contributed by atoms with Crippen LogP contribution in [0.3, 0.4) is 0 Å². The minimum Gasteiger partial charge on any atom is -0.293 e. The number of carbonyl (C=O) groups excluding carboxylic acids is 1. The molecule has 25 heavy (non-hydrogen) atoms. The lowest BCUT2D eigenvalue weighted by atomic mass is 10.1. The summed E-state index contributed by atoms with van der Waals surface area (Å²) < 4.78 is 1.73. The van der Waals surface area contributed by atoms with Crippen LogP contribution in [0.15, 0.2) is 53.7 Å². The number of Topliss-reactive ketones (excluding diaryl/α,β-unsaturated/α-hetero) is 1. The van der Waals surface area contributed by atoms with E-state index in [2.05, 4.69) is 15.1 Å². The molecule has 0 radical (unpaired) electrons. The standard InChI is InChI=1S/C19H16N4OS/c1-12-7-9-14(10-8-12)17(24)11-25-19-21-16-6-4-3-5-15(16)18-20-13(2)22-23(18)19/h3-10H,11H2,1-2H3. The minimum absolute atomic E-state index is 0.0740. The van der Waals surface area contributed by atoms with Gasteiger partial charge in [-0.05, 0) is 26.0 Å². The van der Waals surface area contributed by atoms with E-state index in [-0.39, 0.29) is 5.78 Å². The minimum atomic E-state index is 0.0740. The number of nitrogens with zero attached hydrogens (tertiary/aromatic N) is 4. The Balaban J connectivity index is 1.68. The summed E-state index contributed by atoms with van der Waals surface area (Å²) in [7, 11) is 0. The first-order valence-corrected chi connectivity index (χ1v) is 8.95. The molecular formula is C19H16N4OS. The fraction of sp³-hybridized carbons (Fsp3) is 0.158. The predicted molar refractivity (Wildman–Crippen MR) is 99.3 cm³/mol. The van der Waals surface area contributed by atoms with Crippen molar-refractivity contribution in [1.29, 1.82) is 0 Å². The zero-order valence-corrected chi connectivity index (χ0v) is 14.7. The third-order valence-electron chi connectivity index (χ3n) is 3.96. The summed E-state index contributed by atoms with van der Waals surface area (Å²) in [4.78, 5) is 21.6. The van der Waals surface area contributed by atoms with Gasteiger partial charge in [-0.15, -0.1) is 5.10 Å². The molecule has 0 amide bonds. The maximum atomic E-state index is 12.4. The van der Waals surface area contributed by atoms with Crippen molar-refractivity contribution in [2.75, 3.05) is 5.75 Å². The Kier molecular flexibility index (Phi) is 3.97. The summed E-state index contributed by atoms with van der Waals surface area (Å²) in [6.45, 7) is 3.86. The Morgan fingerprint density at radius 3 is 2.60 bits per heavy atom. The molecule has 0 N–H and O–H groups in total. The molecule has 0 aliphatic rings. The van der Waals surface area contributed by atoms with Gasteiger partial charge in [0, 0.05) is 10.9 Å². The van der Waals surface area contributed by atoms with Crippen LogP contribution in [-0.4, -0.2) is 31.1 Å². The molecule has 4 rings (SSSR count). The lowest BCUT2D eigenvalue weighted by molar-refractivity contribution is 0.102. The topological polar surface area (TPSA) is 60.2 Å². The maximum Gasteiger partial charge on any atom is 0.192 e. The average Bonchev–Trinajstić information content (AvgIpc) is 3.02. The normalized spacial score (nSPS) is 11.3. The second-order valence-corrected chi connectivity index (χ2v) is 6.83. The third kappa shape index (κ3) is 3.00. The number of hydrogen-bond donors (Lipinski definition) is 0. The molecule has 6 heteroatoms. The molecule has 0 fully saturated rings. The van der Waals surface area contributed by atoms with Crippen molar-refractivity contribution in [3.63, 3.8) is 0 Å². The van der Waals surface area contributed by atoms with Crippen molar-refractivity contribution in [3.8, 4) is 0 Å². The van der Waals surface area contributed by atoms with E-state index in [4.69, 9.17) is 0 Å². The largest absolute Gasteiger partial charge is 0.293 e. The number of hydrogen-bond acceptors (Lipinski definition) is 5. The lowest BCUT2D eigenvalue weighted by Gasteiger charge is -2.06. The van der Waals surface area contributed by atoms with Crippen LogP contribution in [0.1, 0.15) is 21.7 Å². The number of para-hydroxylation sites is 1. The summed E-state index contributed by atoms with van der Waals surface area (Å²) in [6, 6.07) is 15.5. The monoisotopic (exact) mass is 348 g/mol. The molecule has 0 saturated heterocycles. The molecule has 0 unspecified atom stereocenters. The molecule has 0 atom stereocenters. The molecule has 4 aromatic rings. The fourth-order valence-electron chi connectivity index (χ4n) is 2.68. The average molecular weight is 348 g/mol. The summed E-state index contributed by atoms with van der Waals surface area (Å²) in [6.07, 6.45) is 0. The molecule has 2 aromatic carbocycles. The van der Waals surface area contributed by atoms with Gasteiger partial charge in [-0.2, -0.15) is 4.52 Å². The Bertz CT molecular complexity index is 1090. The van der Waals surface area contributed by atoms with Crippen LogP contribution in [0.25, 0.3) is 16.6 Å². The van der Waals surface area contributed by atoms with Gasteiger partial charge in [0.1, 0.15) is 5.82 Å². The molecule has 124 valence electrons. The molecule has 0 aliphatic carbocycles. The molecular weight excluding hydrogens is 332 g/mol. The highest BCUT2D eigenvalue weighted by atomic mass is 32.2. The smallest absolute Gasteiger partial charge is 0.192 e. The van der Waals surface area contributed by atoms with Gasteiger partial charge in [0.25, 0.3) is 0 Å². The van der Waals surface area contributed by atoms with Gasteiger partial charge in [0.2, 0.25) is 0 Å². The Morgan fingerprint density at radius 2 is 1.80 bits per heavy atom. The van der Waals surface area contributed by atoms with Gasteiger partial charge in [0.15, 0.2) is 16.6 Å². The van der Waals surface area contributed by atoms with Gasteiger partial charge in [0.05, 0.1) is 11.3 Å². The number of benzene rings is 2. The molecule has 0 spiro atoms. The van der Waals surface area contributed by atoms with Gasteiger partial charge in [-0.3, -0.25) is 4.79 Å². The number of fused-ring (bicyclic) bond motifs is 3. The third-order valence-corrected chi connectivity index (χ3v) is 4.89. The summed E-state index contributed by atoms with van der Waals surface area (Å²) >= 11 is 1.39. The molecule has 0 bridgehead atoms. The van der Waals surface area contributed by atoms with Gasteiger partial charge >= 0.3 is 0 Å². The number of aryl methyl sites for hydroxylation is 2. The van der Waals surface area contributed by atoms with Crippen LogP contribution in [0.5, 0.6) is 0 Å². The first-order valence-electron chi connectivity index (χ1n) is 7.96. The van der Waals surface area contributed by atoms with Crippen molar-refractivity contribution >= 4 is 34.1 Å². The summed E-state index contributed by atoms with van der Waals surface area (Å²) in [5, 5.41) is 6.07. The molecule has 2 heterocycles. The highest BCUT2D eigenvalue weighted by Crippen LogP contribution is 2.24. The van der Waals surface area contributed by atoms with E-state index in [1.165, 1.54) is 11.8 Å². The van der Waals surface area contributed by atoms with Crippen molar-refractivity contribution in [3.05, 3.63) is 65.5 Å². The first-order chi connectivity index (χ1) is 12.1. The highest BCUT2D eigenvalue weighted by Gasteiger charge is 2.14. The van der Waals surface area contributed by atoms with Crippen molar-refractivity contribution in [2.24, 2.45) is 0 Å². The second kappa shape index (κ2) is 6.29. The summed E-state index contributed by atoms with van der Waals surface area (Å²) in [5.41, 5.74) is 3.48. The predicted octanol–water partition coefficient (Wildman–Crippen LogP) is 3.87. The second-order valence-electron chi connectivity index (χ2n) is 5.88. The van der Waals surface area contributed by atoms with Gasteiger partial charge < -0.3 is 0 Å². The van der Waals surface area contributed by atoms with Crippen molar-refractivity contribution in [1.82, 2.24) is 19.6 Å². The van der Waals surface area contributed by atoms with Crippen LogP contribution in [0.4, 0.5) is 0 Å². The SMILES string of the molecule is Cc1ccc(C(=O)CSc2nc3ccccc3c3nc(C)nn23)cc1. The van der Waals surface area contributed by atoms with E-state index in [0.29, 0.717) is 22.3 Å². The van der Waals surface area contributed by atoms with Gasteiger partial charge in [-0.1, -0.05) is 53.7 Å². The van der Waals surface area contributed by atoms with E-state index in [1.807, 2.05) is 62.4 Å². The van der Waals surface area contributed by atoms with Crippen molar-refractivity contribution in [2.45, 2.75) is 19.0 Å². The number of carbonyl (C=O) groups is 1. The van der Waals surface area contributed by atoms with Crippen LogP contribution in [0, 0.1) is 13.8 Å². The van der Waals surface area contributed by atoms with Gasteiger partial charge in [-0.25, -0.2) is 9.97 Å². The fourth-order valence-corrected chi connectivity index (χ4v) is 3.52. The van der Waals surface area contributed by atoms with E-state index in [1.54, 1.807) is 4.52 Å². The highest BCUT2D eigenvalue weighted by molar-refractivity contribution is 7.99. The Morgan fingerprint density at radius 1 is 1.04 bits per heavy atom. The first kappa shape index (κ1) is 15.8. The number of ketones is 1. The van der Waals surface area contributed by atoms with Crippen LogP contribution < -0.4 is 0 Å².